The number of halogens is 4. The second kappa shape index (κ2) is 7.76. The predicted molar refractivity (Wildman–Crippen MR) is 96.0 cm³/mol. The summed E-state index contributed by atoms with van der Waals surface area (Å²) in [5, 5.41) is 10.6. The van der Waals surface area contributed by atoms with Crippen molar-refractivity contribution in [2.24, 2.45) is 5.14 Å². The van der Waals surface area contributed by atoms with E-state index in [0.29, 0.717) is 10.9 Å². The summed E-state index contributed by atoms with van der Waals surface area (Å²) in [7, 11) is -4.06. The highest BCUT2D eigenvalue weighted by Gasteiger charge is 2.40. The molecule has 0 saturated carbocycles. The summed E-state index contributed by atoms with van der Waals surface area (Å²) < 4.78 is 81.5. The Morgan fingerprint density at radius 2 is 1.80 bits per heavy atom. The van der Waals surface area contributed by atoms with Crippen molar-refractivity contribution in [3.05, 3.63) is 66.2 Å². The van der Waals surface area contributed by atoms with Crippen LogP contribution < -0.4 is 15.2 Å². The van der Waals surface area contributed by atoms with Gasteiger partial charge in [-0.1, -0.05) is 6.07 Å². The van der Waals surface area contributed by atoms with Gasteiger partial charge < -0.3 is 4.74 Å². The topological polar surface area (TPSA) is 116 Å². The fourth-order valence-corrected chi connectivity index (χ4v) is 3.00. The third kappa shape index (κ3) is 4.75. The van der Waals surface area contributed by atoms with Gasteiger partial charge in [-0.2, -0.15) is 18.3 Å². The number of amides is 1. The molecule has 3 rings (SSSR count). The van der Waals surface area contributed by atoms with Crippen molar-refractivity contribution in [1.29, 1.82) is 0 Å². The maximum Gasteiger partial charge on any atom is 0.437 e. The van der Waals surface area contributed by atoms with Crippen LogP contribution in [0.5, 0.6) is 5.75 Å². The van der Waals surface area contributed by atoms with Crippen LogP contribution >= 0.6 is 0 Å². The Labute approximate surface area is 166 Å². The number of nitrogens with zero attached hydrogens (tertiary/aromatic N) is 2. The number of carbonyl (C=O) groups is 1. The summed E-state index contributed by atoms with van der Waals surface area (Å²) in [5.74, 6) is -1.57. The Bertz CT molecular complexity index is 1190. The number of primary sulfonamides is 1. The van der Waals surface area contributed by atoms with E-state index in [0.717, 1.165) is 30.3 Å². The Kier molecular flexibility index (Phi) is 5.50. The number of benzene rings is 2. The molecule has 0 bridgehead atoms. The van der Waals surface area contributed by atoms with Gasteiger partial charge in [-0.25, -0.2) is 27.4 Å². The summed E-state index contributed by atoms with van der Waals surface area (Å²) in [6, 6.07) is 8.75. The molecule has 1 heterocycles. The van der Waals surface area contributed by atoms with Crippen LogP contribution in [0.3, 0.4) is 0 Å². The standard InChI is InChI=1S/C17H12F4N4O4S/c18-10-4-6-12(7-5-10)25-15(17(19,20)21)14(9-23-25)29-16(26)24-11-2-1-3-13(8-11)30(22,27)28/h1-9H,(H,24,26)(H2,22,27,28). The molecule has 3 aromatic rings. The Balaban J connectivity index is 1.88. The zero-order valence-electron chi connectivity index (χ0n) is 14.7. The fraction of sp³-hybridized carbons (Fsp3) is 0.0588. The van der Waals surface area contributed by atoms with E-state index in [1.165, 1.54) is 18.2 Å². The summed E-state index contributed by atoms with van der Waals surface area (Å²) in [5.41, 5.74) is -1.59. The average molecular weight is 444 g/mol. The monoisotopic (exact) mass is 444 g/mol. The molecule has 0 aliphatic rings. The van der Waals surface area contributed by atoms with E-state index in [1.54, 1.807) is 0 Å². The molecule has 2 aromatic carbocycles. The first-order valence-corrected chi connectivity index (χ1v) is 9.52. The predicted octanol–water partition coefficient (Wildman–Crippen LogP) is 3.29. The van der Waals surface area contributed by atoms with E-state index in [1.807, 2.05) is 0 Å². The molecule has 8 nitrogen and oxygen atoms in total. The number of nitrogens with two attached hydrogens (primary N) is 1. The lowest BCUT2D eigenvalue weighted by atomic mass is 10.3. The van der Waals surface area contributed by atoms with E-state index >= 15 is 0 Å². The van der Waals surface area contributed by atoms with E-state index in [9.17, 15) is 30.8 Å². The van der Waals surface area contributed by atoms with Crippen LogP contribution in [-0.4, -0.2) is 24.3 Å². The van der Waals surface area contributed by atoms with Gasteiger partial charge in [0.2, 0.25) is 10.0 Å². The van der Waals surface area contributed by atoms with E-state index in [-0.39, 0.29) is 16.3 Å². The van der Waals surface area contributed by atoms with Crippen molar-refractivity contribution in [3.8, 4) is 11.4 Å². The van der Waals surface area contributed by atoms with Gasteiger partial charge in [0.25, 0.3) is 0 Å². The van der Waals surface area contributed by atoms with E-state index in [4.69, 9.17) is 9.88 Å². The molecule has 158 valence electrons. The summed E-state index contributed by atoms with van der Waals surface area (Å²) in [6.07, 6.45) is -5.62. The molecule has 3 N–H and O–H groups in total. The zero-order valence-corrected chi connectivity index (χ0v) is 15.5. The van der Waals surface area contributed by atoms with Crippen molar-refractivity contribution in [2.45, 2.75) is 11.1 Å². The molecule has 0 fully saturated rings. The molecule has 1 aromatic heterocycles. The molecular formula is C17H12F4N4O4S. The number of rotatable bonds is 4. The van der Waals surface area contributed by atoms with Crippen LogP contribution in [0.1, 0.15) is 5.69 Å². The maximum absolute atomic E-state index is 13.5. The van der Waals surface area contributed by atoms with Crippen LogP contribution in [0.4, 0.5) is 28.0 Å². The first-order chi connectivity index (χ1) is 13.9. The molecule has 0 aliphatic heterocycles. The van der Waals surface area contributed by atoms with Gasteiger partial charge in [0.05, 0.1) is 16.8 Å². The minimum absolute atomic E-state index is 0.0778. The SMILES string of the molecule is NS(=O)(=O)c1cccc(NC(=O)Oc2cnn(-c3ccc(F)cc3)c2C(F)(F)F)c1. The summed E-state index contributed by atoms with van der Waals surface area (Å²) >= 11 is 0. The number of anilines is 1. The van der Waals surface area contributed by atoms with Gasteiger partial charge in [-0.15, -0.1) is 0 Å². The number of sulfonamides is 1. The molecule has 0 unspecified atom stereocenters. The van der Waals surface area contributed by atoms with Gasteiger partial charge in [0.1, 0.15) is 5.82 Å². The molecule has 0 atom stereocenters. The highest BCUT2D eigenvalue weighted by atomic mass is 32.2. The minimum atomic E-state index is -4.96. The van der Waals surface area contributed by atoms with Crippen LogP contribution in [0.25, 0.3) is 5.69 Å². The quantitative estimate of drug-likeness (QED) is 0.599. The van der Waals surface area contributed by atoms with Gasteiger partial charge in [-0.05, 0) is 42.5 Å². The number of carbonyl (C=O) groups excluding carboxylic acids is 1. The van der Waals surface area contributed by atoms with Crippen LogP contribution in [0.15, 0.2) is 59.6 Å². The lowest BCUT2D eigenvalue weighted by molar-refractivity contribution is -0.143. The van der Waals surface area contributed by atoms with Crippen molar-refractivity contribution in [1.82, 2.24) is 9.78 Å². The highest BCUT2D eigenvalue weighted by molar-refractivity contribution is 7.89. The minimum Gasteiger partial charge on any atom is -0.406 e. The number of alkyl halides is 3. The maximum atomic E-state index is 13.5. The van der Waals surface area contributed by atoms with Crippen LogP contribution in [0, 0.1) is 5.82 Å². The number of hydrogen-bond acceptors (Lipinski definition) is 5. The Morgan fingerprint density at radius 3 is 2.40 bits per heavy atom. The third-order valence-electron chi connectivity index (χ3n) is 3.69. The number of nitrogens with one attached hydrogen (secondary N) is 1. The first-order valence-electron chi connectivity index (χ1n) is 7.98. The Hall–Kier alpha value is -3.45. The molecule has 0 radical (unpaired) electrons. The number of aromatic nitrogens is 2. The van der Waals surface area contributed by atoms with E-state index in [2.05, 4.69) is 10.4 Å². The lowest BCUT2D eigenvalue weighted by Crippen LogP contribution is -2.20. The van der Waals surface area contributed by atoms with E-state index < -0.39 is 39.6 Å². The molecule has 0 saturated heterocycles. The summed E-state index contributed by atoms with van der Waals surface area (Å²) in [6.45, 7) is 0. The Morgan fingerprint density at radius 1 is 1.13 bits per heavy atom. The van der Waals surface area contributed by atoms with Crippen LogP contribution in [0.2, 0.25) is 0 Å². The largest absolute Gasteiger partial charge is 0.437 e. The lowest BCUT2D eigenvalue weighted by Gasteiger charge is -2.13. The first kappa shape index (κ1) is 21.3. The average Bonchev–Trinajstić information content (AvgIpc) is 3.05. The van der Waals surface area contributed by atoms with Gasteiger partial charge in [-0.3, -0.25) is 5.32 Å². The van der Waals surface area contributed by atoms with Crippen molar-refractivity contribution in [3.63, 3.8) is 0 Å². The molecule has 1 amide bonds. The molecule has 13 heteroatoms. The fourth-order valence-electron chi connectivity index (χ4n) is 2.44. The van der Waals surface area contributed by atoms with Crippen molar-refractivity contribution in [2.75, 3.05) is 5.32 Å². The molecule has 0 spiro atoms. The zero-order chi connectivity index (χ0) is 22.1. The second-order valence-electron chi connectivity index (χ2n) is 5.83. The van der Waals surface area contributed by atoms with Gasteiger partial charge >= 0.3 is 12.3 Å². The molecule has 30 heavy (non-hydrogen) atoms. The van der Waals surface area contributed by atoms with Crippen molar-refractivity contribution < 1.29 is 35.5 Å². The van der Waals surface area contributed by atoms with Crippen LogP contribution in [-0.2, 0) is 16.2 Å². The molecular weight excluding hydrogens is 432 g/mol. The normalized spacial score (nSPS) is 11.9. The number of ether oxygens (including phenoxy) is 1. The third-order valence-corrected chi connectivity index (χ3v) is 4.60. The smallest absolute Gasteiger partial charge is 0.406 e. The molecule has 0 aliphatic carbocycles. The van der Waals surface area contributed by atoms with Gasteiger partial charge in [0, 0.05) is 5.69 Å². The highest BCUT2D eigenvalue weighted by Crippen LogP contribution is 2.37. The second-order valence-corrected chi connectivity index (χ2v) is 7.39. The van der Waals surface area contributed by atoms with Crippen molar-refractivity contribution >= 4 is 21.8 Å². The van der Waals surface area contributed by atoms with Gasteiger partial charge in [0.15, 0.2) is 11.4 Å². The summed E-state index contributed by atoms with van der Waals surface area (Å²) in [4.78, 5) is 11.7. The number of hydrogen-bond donors (Lipinski definition) is 2.